The molecule has 0 aliphatic rings. The van der Waals surface area contributed by atoms with Gasteiger partial charge < -0.3 is 5.32 Å². The van der Waals surface area contributed by atoms with Crippen LogP contribution in [0.15, 0.2) is 24.3 Å². The second kappa shape index (κ2) is 6.28. The molecule has 0 heterocycles. The van der Waals surface area contributed by atoms with Crippen LogP contribution in [0.3, 0.4) is 0 Å². The highest BCUT2D eigenvalue weighted by atomic mass is 35.5. The zero-order valence-electron chi connectivity index (χ0n) is 10.6. The summed E-state index contributed by atoms with van der Waals surface area (Å²) in [4.78, 5) is 11.7. The van der Waals surface area contributed by atoms with Crippen molar-refractivity contribution in [1.29, 1.82) is 0 Å². The van der Waals surface area contributed by atoms with Crippen molar-refractivity contribution in [3.8, 4) is 0 Å². The minimum absolute atomic E-state index is 0.0255. The molecule has 1 aromatic carbocycles. The topological polar surface area (TPSA) is 29.1 Å². The maximum Gasteiger partial charge on any atom is 0.416 e. The van der Waals surface area contributed by atoms with E-state index in [0.717, 1.165) is 12.1 Å². The minimum Gasteiger partial charge on any atom is -0.351 e. The van der Waals surface area contributed by atoms with E-state index in [1.54, 1.807) is 0 Å². The van der Waals surface area contributed by atoms with Gasteiger partial charge in [0.15, 0.2) is 0 Å². The summed E-state index contributed by atoms with van der Waals surface area (Å²) in [5.41, 5.74) is -0.867. The number of carbonyl (C=O) groups is 1. The summed E-state index contributed by atoms with van der Waals surface area (Å²) in [5, 5.41) is 2.27. The second-order valence-electron chi connectivity index (χ2n) is 4.55. The van der Waals surface area contributed by atoms with E-state index in [2.05, 4.69) is 5.32 Å². The van der Waals surface area contributed by atoms with E-state index >= 15 is 0 Å². The van der Waals surface area contributed by atoms with E-state index in [1.165, 1.54) is 12.1 Å². The van der Waals surface area contributed by atoms with Gasteiger partial charge in [0.1, 0.15) is 0 Å². The standard InChI is InChI=1S/C13H15ClF3NO/c1-8(2)11(14)7-18-12(19)9-4-3-5-10(6-9)13(15,16)17/h3-6,8,11H,7H2,1-2H3,(H,18,19). The van der Waals surface area contributed by atoms with E-state index in [0.29, 0.717) is 0 Å². The van der Waals surface area contributed by atoms with E-state index in [-0.39, 0.29) is 23.4 Å². The third kappa shape index (κ3) is 4.74. The van der Waals surface area contributed by atoms with Crippen molar-refractivity contribution >= 4 is 17.5 Å². The Morgan fingerprint density at radius 1 is 1.37 bits per heavy atom. The summed E-state index contributed by atoms with van der Waals surface area (Å²) in [6.07, 6.45) is -4.46. The summed E-state index contributed by atoms with van der Waals surface area (Å²) in [6, 6.07) is 4.30. The van der Waals surface area contributed by atoms with Gasteiger partial charge in [-0.25, -0.2) is 0 Å². The molecule has 0 spiro atoms. The van der Waals surface area contributed by atoms with Gasteiger partial charge in [0.25, 0.3) is 5.91 Å². The van der Waals surface area contributed by atoms with Crippen molar-refractivity contribution in [2.24, 2.45) is 5.92 Å². The Balaban J connectivity index is 2.73. The number of hydrogen-bond donors (Lipinski definition) is 1. The van der Waals surface area contributed by atoms with Crippen molar-refractivity contribution in [2.75, 3.05) is 6.54 Å². The van der Waals surface area contributed by atoms with E-state index in [9.17, 15) is 18.0 Å². The van der Waals surface area contributed by atoms with Crippen molar-refractivity contribution < 1.29 is 18.0 Å². The van der Waals surface area contributed by atoms with Gasteiger partial charge in [0.2, 0.25) is 0 Å². The third-order valence-corrected chi connectivity index (χ3v) is 3.29. The lowest BCUT2D eigenvalue weighted by Crippen LogP contribution is -2.32. The molecule has 0 fully saturated rings. The van der Waals surface area contributed by atoms with Gasteiger partial charge in [-0.1, -0.05) is 19.9 Å². The molecular weight excluding hydrogens is 279 g/mol. The lowest BCUT2D eigenvalue weighted by molar-refractivity contribution is -0.137. The first-order valence-electron chi connectivity index (χ1n) is 5.81. The van der Waals surface area contributed by atoms with Crippen LogP contribution >= 0.6 is 11.6 Å². The zero-order chi connectivity index (χ0) is 14.6. The summed E-state index contributed by atoms with van der Waals surface area (Å²) >= 11 is 5.96. The van der Waals surface area contributed by atoms with Crippen LogP contribution in [0.1, 0.15) is 29.8 Å². The first kappa shape index (κ1) is 15.8. The predicted octanol–water partition coefficient (Wildman–Crippen LogP) is 3.70. The van der Waals surface area contributed by atoms with E-state index in [1.807, 2.05) is 13.8 Å². The molecule has 0 aliphatic heterocycles. The maximum absolute atomic E-state index is 12.5. The van der Waals surface area contributed by atoms with Crippen LogP contribution < -0.4 is 5.32 Å². The highest BCUT2D eigenvalue weighted by Gasteiger charge is 2.30. The minimum atomic E-state index is -4.46. The lowest BCUT2D eigenvalue weighted by atomic mass is 10.1. The Hall–Kier alpha value is -1.23. The molecule has 0 aliphatic carbocycles. The Morgan fingerprint density at radius 2 is 2.00 bits per heavy atom. The summed E-state index contributed by atoms with van der Waals surface area (Å²) in [7, 11) is 0. The molecule has 1 atom stereocenters. The van der Waals surface area contributed by atoms with Gasteiger partial charge in [-0.2, -0.15) is 13.2 Å². The van der Waals surface area contributed by atoms with Gasteiger partial charge in [-0.15, -0.1) is 11.6 Å². The summed E-state index contributed by atoms with van der Waals surface area (Å²) in [6.45, 7) is 4.01. The molecule has 0 aromatic heterocycles. The molecule has 2 nitrogen and oxygen atoms in total. The van der Waals surface area contributed by atoms with Crippen LogP contribution in [-0.4, -0.2) is 17.8 Å². The fourth-order valence-electron chi connectivity index (χ4n) is 1.36. The normalized spacial score (nSPS) is 13.4. The fourth-order valence-corrected chi connectivity index (χ4v) is 1.44. The first-order chi connectivity index (χ1) is 8.71. The van der Waals surface area contributed by atoms with E-state index in [4.69, 9.17) is 11.6 Å². The lowest BCUT2D eigenvalue weighted by Gasteiger charge is -2.14. The van der Waals surface area contributed by atoms with Crippen LogP contribution in [0.4, 0.5) is 13.2 Å². The smallest absolute Gasteiger partial charge is 0.351 e. The van der Waals surface area contributed by atoms with Crippen LogP contribution in [0.25, 0.3) is 0 Å². The number of hydrogen-bond acceptors (Lipinski definition) is 1. The van der Waals surface area contributed by atoms with Gasteiger partial charge in [-0.05, 0) is 24.1 Å². The monoisotopic (exact) mass is 293 g/mol. The second-order valence-corrected chi connectivity index (χ2v) is 5.11. The molecule has 6 heteroatoms. The first-order valence-corrected chi connectivity index (χ1v) is 6.25. The van der Waals surface area contributed by atoms with Crippen molar-refractivity contribution in [3.63, 3.8) is 0 Å². The van der Waals surface area contributed by atoms with Gasteiger partial charge in [0, 0.05) is 12.1 Å². The van der Waals surface area contributed by atoms with E-state index < -0.39 is 17.6 Å². The van der Waals surface area contributed by atoms with Gasteiger partial charge >= 0.3 is 6.18 Å². The molecular formula is C13H15ClF3NO. The van der Waals surface area contributed by atoms with Crippen LogP contribution in [0.5, 0.6) is 0 Å². The zero-order valence-corrected chi connectivity index (χ0v) is 11.3. The highest BCUT2D eigenvalue weighted by Crippen LogP contribution is 2.29. The number of halogens is 4. The van der Waals surface area contributed by atoms with Crippen LogP contribution in [-0.2, 0) is 6.18 Å². The molecule has 0 bridgehead atoms. The SMILES string of the molecule is CC(C)C(Cl)CNC(=O)c1cccc(C(F)(F)F)c1. The molecule has 1 rings (SSSR count). The molecule has 0 radical (unpaired) electrons. The quantitative estimate of drug-likeness (QED) is 0.843. The Bertz CT molecular complexity index is 446. The average Bonchev–Trinajstić information content (AvgIpc) is 2.34. The third-order valence-electron chi connectivity index (χ3n) is 2.63. The van der Waals surface area contributed by atoms with Crippen LogP contribution in [0, 0.1) is 5.92 Å². The Labute approximate surface area is 114 Å². The predicted molar refractivity (Wildman–Crippen MR) is 68.3 cm³/mol. The van der Waals surface area contributed by atoms with Gasteiger partial charge in [0.05, 0.1) is 10.9 Å². The number of amides is 1. The molecule has 106 valence electrons. The van der Waals surface area contributed by atoms with Crippen molar-refractivity contribution in [2.45, 2.75) is 25.4 Å². The average molecular weight is 294 g/mol. The molecule has 1 aromatic rings. The van der Waals surface area contributed by atoms with Crippen LogP contribution in [0.2, 0.25) is 0 Å². The fraction of sp³-hybridized carbons (Fsp3) is 0.462. The molecule has 0 saturated heterocycles. The van der Waals surface area contributed by atoms with Crippen molar-refractivity contribution in [3.05, 3.63) is 35.4 Å². The molecule has 1 amide bonds. The Kier molecular flexibility index (Phi) is 5.23. The molecule has 0 saturated carbocycles. The largest absolute Gasteiger partial charge is 0.416 e. The number of benzene rings is 1. The number of alkyl halides is 4. The number of rotatable bonds is 4. The number of nitrogens with one attached hydrogen (secondary N) is 1. The molecule has 1 unspecified atom stereocenters. The maximum atomic E-state index is 12.5. The van der Waals surface area contributed by atoms with Crippen molar-refractivity contribution in [1.82, 2.24) is 5.32 Å². The summed E-state index contributed by atoms with van der Waals surface area (Å²) < 4.78 is 37.5. The highest BCUT2D eigenvalue weighted by molar-refractivity contribution is 6.21. The van der Waals surface area contributed by atoms with Gasteiger partial charge in [-0.3, -0.25) is 4.79 Å². The molecule has 19 heavy (non-hydrogen) atoms. The summed E-state index contributed by atoms with van der Waals surface area (Å²) in [5.74, 6) is -0.388. The molecule has 1 N–H and O–H groups in total. The number of carbonyl (C=O) groups excluding carboxylic acids is 1. The Morgan fingerprint density at radius 3 is 2.53 bits per heavy atom.